The number of aryl methyl sites for hydroxylation is 2. The molecule has 5 nitrogen and oxygen atoms in total. The van der Waals surface area contributed by atoms with Gasteiger partial charge in [-0.15, -0.1) is 0 Å². The van der Waals surface area contributed by atoms with Crippen molar-refractivity contribution in [2.24, 2.45) is 0 Å². The molecule has 0 saturated carbocycles. The van der Waals surface area contributed by atoms with E-state index in [9.17, 15) is 4.79 Å². The minimum absolute atomic E-state index is 0.0723. The fourth-order valence-corrected chi connectivity index (χ4v) is 3.91. The van der Waals surface area contributed by atoms with Crippen LogP contribution in [0.2, 0.25) is 0 Å². The minimum atomic E-state index is -0.0723. The van der Waals surface area contributed by atoms with Crippen molar-refractivity contribution in [2.45, 2.75) is 26.3 Å². The normalized spacial score (nSPS) is 13.9. The van der Waals surface area contributed by atoms with Gasteiger partial charge in [0.1, 0.15) is 5.82 Å². The fourth-order valence-electron chi connectivity index (χ4n) is 3.91. The summed E-state index contributed by atoms with van der Waals surface area (Å²) in [5.74, 6) is 0.891. The van der Waals surface area contributed by atoms with Crippen LogP contribution in [0.5, 0.6) is 0 Å². The highest BCUT2D eigenvalue weighted by Crippen LogP contribution is 2.27. The molecule has 2 heterocycles. The van der Waals surface area contributed by atoms with E-state index in [1.54, 1.807) is 6.08 Å². The number of hydrogen-bond acceptors (Lipinski definition) is 3. The molecule has 0 fully saturated rings. The second kappa shape index (κ2) is 7.89. The van der Waals surface area contributed by atoms with E-state index in [4.69, 9.17) is 0 Å². The van der Waals surface area contributed by atoms with E-state index >= 15 is 0 Å². The van der Waals surface area contributed by atoms with Crippen LogP contribution in [0.25, 0.3) is 17.1 Å². The van der Waals surface area contributed by atoms with Crippen LogP contribution in [-0.2, 0) is 17.8 Å². The van der Waals surface area contributed by atoms with E-state index in [1.165, 1.54) is 17.7 Å². The number of amides is 1. The van der Waals surface area contributed by atoms with E-state index < -0.39 is 0 Å². The Kier molecular flexibility index (Phi) is 5.15. The van der Waals surface area contributed by atoms with E-state index in [1.807, 2.05) is 31.2 Å². The number of rotatable bonds is 5. The van der Waals surface area contributed by atoms with Gasteiger partial charge < -0.3 is 14.8 Å². The summed E-state index contributed by atoms with van der Waals surface area (Å²) >= 11 is 0. The van der Waals surface area contributed by atoms with Gasteiger partial charge in [-0.2, -0.15) is 0 Å². The Balaban J connectivity index is 1.35. The topological polar surface area (TPSA) is 50.2 Å². The number of carbonyl (C=O) groups excluding carboxylic acids is 1. The van der Waals surface area contributed by atoms with Gasteiger partial charge in [0.05, 0.1) is 11.0 Å². The molecule has 1 aliphatic heterocycles. The van der Waals surface area contributed by atoms with Crippen molar-refractivity contribution in [1.82, 2.24) is 14.9 Å². The van der Waals surface area contributed by atoms with Gasteiger partial charge in [0.25, 0.3) is 0 Å². The molecule has 2 aromatic carbocycles. The highest BCUT2D eigenvalue weighted by atomic mass is 16.1. The largest absolute Gasteiger partial charge is 0.374 e. The average Bonchev–Trinajstić information content (AvgIpc) is 3.02. The van der Waals surface area contributed by atoms with Gasteiger partial charge in [0, 0.05) is 38.4 Å². The summed E-state index contributed by atoms with van der Waals surface area (Å²) in [7, 11) is 2.13. The predicted molar refractivity (Wildman–Crippen MR) is 115 cm³/mol. The first kappa shape index (κ1) is 18.3. The second-order valence-corrected chi connectivity index (χ2v) is 7.34. The van der Waals surface area contributed by atoms with Crippen LogP contribution in [0.3, 0.4) is 0 Å². The third kappa shape index (κ3) is 3.79. The van der Waals surface area contributed by atoms with Crippen LogP contribution in [0, 0.1) is 6.92 Å². The number of anilines is 1. The maximum atomic E-state index is 12.2. The van der Waals surface area contributed by atoms with E-state index in [2.05, 4.69) is 51.1 Å². The lowest BCUT2D eigenvalue weighted by Gasteiger charge is -2.27. The molecule has 0 aliphatic carbocycles. The molecule has 0 saturated heterocycles. The highest BCUT2D eigenvalue weighted by Gasteiger charge is 2.13. The molecule has 4 rings (SSSR count). The summed E-state index contributed by atoms with van der Waals surface area (Å²) in [5, 5.41) is 2.97. The molecule has 1 amide bonds. The van der Waals surface area contributed by atoms with Gasteiger partial charge in [-0.05, 0) is 61.2 Å². The van der Waals surface area contributed by atoms with Crippen molar-refractivity contribution >= 4 is 28.7 Å². The molecular weight excluding hydrogens is 348 g/mol. The van der Waals surface area contributed by atoms with Gasteiger partial charge >= 0.3 is 0 Å². The lowest BCUT2D eigenvalue weighted by Crippen LogP contribution is -2.25. The zero-order valence-electron chi connectivity index (χ0n) is 16.5. The summed E-state index contributed by atoms with van der Waals surface area (Å²) in [6.45, 7) is 4.38. The Morgan fingerprint density at radius 3 is 3.00 bits per heavy atom. The van der Waals surface area contributed by atoms with Crippen LogP contribution in [0.4, 0.5) is 5.69 Å². The van der Waals surface area contributed by atoms with Crippen molar-refractivity contribution in [3.63, 3.8) is 0 Å². The highest BCUT2D eigenvalue weighted by molar-refractivity contribution is 5.91. The molecule has 0 spiro atoms. The number of benzene rings is 2. The quantitative estimate of drug-likeness (QED) is 0.695. The van der Waals surface area contributed by atoms with Crippen LogP contribution in [-0.4, -0.2) is 35.6 Å². The monoisotopic (exact) mass is 374 g/mol. The lowest BCUT2D eigenvalue weighted by molar-refractivity contribution is -0.116. The number of para-hydroxylation sites is 2. The molecule has 0 atom stereocenters. The van der Waals surface area contributed by atoms with Crippen molar-refractivity contribution in [1.29, 1.82) is 0 Å². The molecule has 5 heteroatoms. The summed E-state index contributed by atoms with van der Waals surface area (Å²) in [5.41, 5.74) is 5.82. The summed E-state index contributed by atoms with van der Waals surface area (Å²) in [4.78, 5) is 19.1. The zero-order valence-corrected chi connectivity index (χ0v) is 16.5. The molecule has 1 aliphatic rings. The molecule has 1 N–H and O–H groups in total. The van der Waals surface area contributed by atoms with Gasteiger partial charge in [0.15, 0.2) is 0 Å². The van der Waals surface area contributed by atoms with E-state index in [0.29, 0.717) is 13.1 Å². The summed E-state index contributed by atoms with van der Waals surface area (Å²) in [6, 6.07) is 14.5. The van der Waals surface area contributed by atoms with E-state index in [-0.39, 0.29) is 5.91 Å². The molecule has 3 aromatic rings. The smallest absolute Gasteiger partial charge is 0.244 e. The third-order valence-electron chi connectivity index (χ3n) is 5.36. The number of hydrogen-bond donors (Lipinski definition) is 1. The molecule has 28 heavy (non-hydrogen) atoms. The number of nitrogens with zero attached hydrogens (tertiary/aromatic N) is 3. The number of fused-ring (bicyclic) bond motifs is 2. The third-order valence-corrected chi connectivity index (χ3v) is 5.36. The van der Waals surface area contributed by atoms with Gasteiger partial charge in [-0.25, -0.2) is 4.98 Å². The van der Waals surface area contributed by atoms with E-state index in [0.717, 1.165) is 35.4 Å². The van der Waals surface area contributed by atoms with Crippen LogP contribution >= 0.6 is 0 Å². The average molecular weight is 374 g/mol. The maximum absolute atomic E-state index is 12.2. The maximum Gasteiger partial charge on any atom is 0.244 e. The Hall–Kier alpha value is -3.08. The SMILES string of the molecule is Cc1nc2ccccc2n1CCNC(=O)/C=C/c1ccc2c(c1)CCCN2C. The Bertz CT molecular complexity index is 1030. The first-order valence-corrected chi connectivity index (χ1v) is 9.84. The molecule has 0 bridgehead atoms. The fraction of sp³-hybridized carbons (Fsp3) is 0.304. The van der Waals surface area contributed by atoms with Crippen LogP contribution in [0.1, 0.15) is 23.4 Å². The van der Waals surface area contributed by atoms with Crippen molar-refractivity contribution in [2.75, 3.05) is 25.0 Å². The van der Waals surface area contributed by atoms with Crippen molar-refractivity contribution < 1.29 is 4.79 Å². The van der Waals surface area contributed by atoms with Gasteiger partial charge in [-0.3, -0.25) is 4.79 Å². The Morgan fingerprint density at radius 2 is 2.11 bits per heavy atom. The number of nitrogens with one attached hydrogen (secondary N) is 1. The number of imidazole rings is 1. The first-order chi connectivity index (χ1) is 13.6. The van der Waals surface area contributed by atoms with Gasteiger partial charge in [-0.1, -0.05) is 18.2 Å². The molecule has 0 unspecified atom stereocenters. The van der Waals surface area contributed by atoms with Crippen LogP contribution < -0.4 is 10.2 Å². The first-order valence-electron chi connectivity index (χ1n) is 9.84. The van der Waals surface area contributed by atoms with Crippen molar-refractivity contribution in [3.05, 3.63) is 65.5 Å². The summed E-state index contributed by atoms with van der Waals surface area (Å²) in [6.07, 6.45) is 5.79. The molecular formula is C23H26N4O. The van der Waals surface area contributed by atoms with Gasteiger partial charge in [0.2, 0.25) is 5.91 Å². The number of aromatic nitrogens is 2. The summed E-state index contributed by atoms with van der Waals surface area (Å²) < 4.78 is 2.14. The van der Waals surface area contributed by atoms with Crippen LogP contribution in [0.15, 0.2) is 48.5 Å². The zero-order chi connectivity index (χ0) is 19.5. The standard InChI is InChI=1S/C23H26N4O/c1-17-25-20-7-3-4-8-22(20)27(17)15-13-24-23(28)12-10-18-9-11-21-19(16-18)6-5-14-26(21)2/h3-4,7-12,16H,5-6,13-15H2,1-2H3,(H,24,28)/b12-10+. The molecule has 0 radical (unpaired) electrons. The minimum Gasteiger partial charge on any atom is -0.374 e. The van der Waals surface area contributed by atoms with Crippen molar-refractivity contribution in [3.8, 4) is 0 Å². The Labute approximate surface area is 165 Å². The predicted octanol–water partition coefficient (Wildman–Crippen LogP) is 3.56. The Morgan fingerprint density at radius 1 is 1.25 bits per heavy atom. The second-order valence-electron chi connectivity index (χ2n) is 7.34. The lowest BCUT2D eigenvalue weighted by atomic mass is 9.99. The number of carbonyl (C=O) groups is 1. The molecule has 144 valence electrons. The molecule has 1 aromatic heterocycles.